The van der Waals surface area contributed by atoms with Gasteiger partial charge in [0, 0.05) is 19.6 Å². The van der Waals surface area contributed by atoms with Crippen LogP contribution in [0.1, 0.15) is 35.3 Å². The van der Waals surface area contributed by atoms with Gasteiger partial charge in [0.15, 0.2) is 6.61 Å². The first-order valence-corrected chi connectivity index (χ1v) is 11.3. The molecule has 0 heterocycles. The molecule has 0 aliphatic carbocycles. The first kappa shape index (κ1) is 24.4. The van der Waals surface area contributed by atoms with Gasteiger partial charge >= 0.3 is 5.97 Å². The van der Waals surface area contributed by atoms with E-state index in [0.29, 0.717) is 24.4 Å². The normalized spacial score (nSPS) is 11.3. The number of esters is 1. The number of benzene rings is 2. The highest BCUT2D eigenvalue weighted by Gasteiger charge is 2.24. The number of hydrogen-bond acceptors (Lipinski definition) is 6. The van der Waals surface area contributed by atoms with Crippen LogP contribution in [-0.4, -0.2) is 51.4 Å². The maximum Gasteiger partial charge on any atom is 0.338 e. The molecule has 0 bridgehead atoms. The zero-order valence-corrected chi connectivity index (χ0v) is 19.0. The fourth-order valence-corrected chi connectivity index (χ4v) is 4.38. The maximum absolute atomic E-state index is 12.7. The van der Waals surface area contributed by atoms with Crippen LogP contribution >= 0.6 is 0 Å². The lowest BCUT2D eigenvalue weighted by molar-refractivity contribution is -0.124. The van der Waals surface area contributed by atoms with Crippen LogP contribution in [0.25, 0.3) is 0 Å². The van der Waals surface area contributed by atoms with Gasteiger partial charge in [-0.25, -0.2) is 13.2 Å². The average Bonchev–Trinajstić information content (AvgIpc) is 2.77. The molecule has 2 aromatic carbocycles. The molecule has 1 amide bonds. The van der Waals surface area contributed by atoms with E-state index in [1.54, 1.807) is 46.1 Å². The summed E-state index contributed by atoms with van der Waals surface area (Å²) in [4.78, 5) is 24.5. The second-order valence-electron chi connectivity index (χ2n) is 6.77. The van der Waals surface area contributed by atoms with Gasteiger partial charge < -0.3 is 14.8 Å². The number of nitrogens with zero attached hydrogens (tertiary/aromatic N) is 1. The molecular formula is C22H28N2O6S. The number of aryl methyl sites for hydroxylation is 1. The third-order valence-electron chi connectivity index (χ3n) is 4.76. The van der Waals surface area contributed by atoms with Crippen molar-refractivity contribution in [3.05, 3.63) is 59.2 Å². The molecule has 168 valence electrons. The second-order valence-corrected chi connectivity index (χ2v) is 8.70. The molecule has 0 fully saturated rings. The largest absolute Gasteiger partial charge is 0.497 e. The molecule has 9 heteroatoms. The lowest BCUT2D eigenvalue weighted by Crippen LogP contribution is -2.31. The van der Waals surface area contributed by atoms with Crippen LogP contribution in [0.2, 0.25) is 0 Å². The van der Waals surface area contributed by atoms with Crippen molar-refractivity contribution in [2.75, 3.05) is 26.8 Å². The Hall–Kier alpha value is -2.91. The van der Waals surface area contributed by atoms with Crippen molar-refractivity contribution in [1.82, 2.24) is 9.62 Å². The summed E-state index contributed by atoms with van der Waals surface area (Å²) in [6, 6.07) is 11.5. The van der Waals surface area contributed by atoms with E-state index in [9.17, 15) is 18.0 Å². The van der Waals surface area contributed by atoms with Crippen LogP contribution in [-0.2, 0) is 26.1 Å². The summed E-state index contributed by atoms with van der Waals surface area (Å²) in [6.45, 7) is 5.61. The molecule has 0 saturated carbocycles. The van der Waals surface area contributed by atoms with Gasteiger partial charge in [-0.1, -0.05) is 32.0 Å². The van der Waals surface area contributed by atoms with E-state index in [4.69, 9.17) is 9.47 Å². The molecule has 8 nitrogen and oxygen atoms in total. The van der Waals surface area contributed by atoms with Crippen molar-refractivity contribution < 1.29 is 27.5 Å². The molecule has 0 saturated heterocycles. The minimum Gasteiger partial charge on any atom is -0.497 e. The zero-order valence-electron chi connectivity index (χ0n) is 18.2. The van der Waals surface area contributed by atoms with Crippen molar-refractivity contribution in [1.29, 1.82) is 0 Å². The summed E-state index contributed by atoms with van der Waals surface area (Å²) >= 11 is 0. The number of carbonyl (C=O) groups is 2. The van der Waals surface area contributed by atoms with Gasteiger partial charge in [0.25, 0.3) is 5.91 Å². The molecule has 2 aromatic rings. The van der Waals surface area contributed by atoms with Crippen LogP contribution in [0.4, 0.5) is 0 Å². The summed E-state index contributed by atoms with van der Waals surface area (Å²) in [5.74, 6) is -0.507. The van der Waals surface area contributed by atoms with E-state index in [1.807, 2.05) is 12.1 Å². The lowest BCUT2D eigenvalue weighted by atomic mass is 10.1. The Morgan fingerprint density at radius 1 is 1.03 bits per heavy atom. The Kier molecular flexibility index (Phi) is 8.58. The van der Waals surface area contributed by atoms with E-state index >= 15 is 0 Å². The molecule has 31 heavy (non-hydrogen) atoms. The molecule has 0 aliphatic rings. The van der Waals surface area contributed by atoms with Crippen molar-refractivity contribution in [3.8, 4) is 5.75 Å². The van der Waals surface area contributed by atoms with Crippen molar-refractivity contribution >= 4 is 21.9 Å². The highest BCUT2D eigenvalue weighted by molar-refractivity contribution is 7.89. The Morgan fingerprint density at radius 3 is 2.26 bits per heavy atom. The molecule has 1 N–H and O–H groups in total. The third-order valence-corrected chi connectivity index (χ3v) is 6.80. The number of amides is 1. The van der Waals surface area contributed by atoms with Gasteiger partial charge in [-0.05, 0) is 42.3 Å². The first-order chi connectivity index (χ1) is 14.7. The van der Waals surface area contributed by atoms with Crippen LogP contribution in [0.15, 0.2) is 47.4 Å². The zero-order chi connectivity index (χ0) is 23.0. The average molecular weight is 449 g/mol. The number of ether oxygens (including phenoxy) is 2. The van der Waals surface area contributed by atoms with Crippen LogP contribution in [0, 0.1) is 6.92 Å². The first-order valence-electron chi connectivity index (χ1n) is 9.90. The van der Waals surface area contributed by atoms with Crippen LogP contribution < -0.4 is 10.1 Å². The Morgan fingerprint density at radius 2 is 1.68 bits per heavy atom. The highest BCUT2D eigenvalue weighted by atomic mass is 32.2. The number of methoxy groups -OCH3 is 1. The molecule has 0 aromatic heterocycles. The van der Waals surface area contributed by atoms with E-state index in [-0.39, 0.29) is 17.0 Å². The van der Waals surface area contributed by atoms with E-state index in [2.05, 4.69) is 5.32 Å². The summed E-state index contributed by atoms with van der Waals surface area (Å²) in [5.41, 5.74) is 1.53. The standard InChI is InChI=1S/C22H28N2O6S/c1-5-24(6-2)31(27,28)19-12-7-16(3)20(13-19)22(26)30-15-21(25)23-14-17-8-10-18(29-4)11-9-17/h7-13H,5-6,14-15H2,1-4H3,(H,23,25). The van der Waals surface area contributed by atoms with Gasteiger partial charge in [-0.2, -0.15) is 4.31 Å². The molecule has 0 atom stereocenters. The van der Waals surface area contributed by atoms with Crippen LogP contribution in [0.5, 0.6) is 5.75 Å². The summed E-state index contributed by atoms with van der Waals surface area (Å²) in [5, 5.41) is 2.66. The van der Waals surface area contributed by atoms with Gasteiger partial charge in [-0.15, -0.1) is 0 Å². The SMILES string of the molecule is CCN(CC)S(=O)(=O)c1ccc(C)c(C(=O)OCC(=O)NCc2ccc(OC)cc2)c1. The molecule has 0 radical (unpaired) electrons. The number of rotatable bonds is 10. The van der Waals surface area contributed by atoms with Crippen LogP contribution in [0.3, 0.4) is 0 Å². The minimum atomic E-state index is -3.71. The summed E-state index contributed by atoms with van der Waals surface area (Å²) in [7, 11) is -2.14. The quantitative estimate of drug-likeness (QED) is 0.561. The highest BCUT2D eigenvalue weighted by Crippen LogP contribution is 2.20. The Balaban J connectivity index is 2.00. The summed E-state index contributed by atoms with van der Waals surface area (Å²) < 4.78 is 36.9. The van der Waals surface area contributed by atoms with Gasteiger partial charge in [0.2, 0.25) is 10.0 Å². The second kappa shape index (κ2) is 10.9. The number of sulfonamides is 1. The Bertz CT molecular complexity index is 1010. The summed E-state index contributed by atoms with van der Waals surface area (Å²) in [6.07, 6.45) is 0. The Labute approximate surface area is 183 Å². The predicted molar refractivity (Wildman–Crippen MR) is 116 cm³/mol. The van der Waals surface area contributed by atoms with Gasteiger partial charge in [0.1, 0.15) is 5.75 Å². The molecule has 0 unspecified atom stereocenters. The van der Waals surface area contributed by atoms with Gasteiger partial charge in [-0.3, -0.25) is 4.79 Å². The molecule has 0 spiro atoms. The predicted octanol–water partition coefficient (Wildman–Crippen LogP) is 2.51. The van der Waals surface area contributed by atoms with Crippen molar-refractivity contribution in [2.24, 2.45) is 0 Å². The topological polar surface area (TPSA) is 102 Å². The van der Waals surface area contributed by atoms with Gasteiger partial charge in [0.05, 0.1) is 17.6 Å². The number of hydrogen-bond donors (Lipinski definition) is 1. The minimum absolute atomic E-state index is 0.0118. The molecular weight excluding hydrogens is 420 g/mol. The molecule has 0 aliphatic heterocycles. The maximum atomic E-state index is 12.7. The monoisotopic (exact) mass is 448 g/mol. The van der Waals surface area contributed by atoms with Crippen molar-refractivity contribution in [3.63, 3.8) is 0 Å². The van der Waals surface area contributed by atoms with E-state index in [0.717, 1.165) is 5.56 Å². The smallest absolute Gasteiger partial charge is 0.338 e. The number of nitrogens with one attached hydrogen (secondary N) is 1. The van der Waals surface area contributed by atoms with E-state index < -0.39 is 28.5 Å². The van der Waals surface area contributed by atoms with Crippen molar-refractivity contribution in [2.45, 2.75) is 32.2 Å². The third kappa shape index (κ3) is 6.28. The fourth-order valence-electron chi connectivity index (χ4n) is 2.90. The molecule has 2 rings (SSSR count). The lowest BCUT2D eigenvalue weighted by Gasteiger charge is -2.19. The number of carbonyl (C=O) groups excluding carboxylic acids is 2. The fraction of sp³-hybridized carbons (Fsp3) is 0.364. The van der Waals surface area contributed by atoms with E-state index in [1.165, 1.54) is 16.4 Å².